The van der Waals surface area contributed by atoms with E-state index in [1.807, 2.05) is 0 Å². The molecule has 0 fully saturated rings. The fourth-order valence-corrected chi connectivity index (χ4v) is 7.84. The molecule has 0 unspecified atom stereocenters. The molecule has 2 heteroatoms. The van der Waals surface area contributed by atoms with E-state index in [0.717, 1.165) is 11.4 Å². The molecule has 0 aliphatic heterocycles. The van der Waals surface area contributed by atoms with E-state index in [2.05, 4.69) is 191 Å². The summed E-state index contributed by atoms with van der Waals surface area (Å²) in [5, 5.41) is 7.62. The van der Waals surface area contributed by atoms with Gasteiger partial charge < -0.3 is 9.13 Å². The predicted molar refractivity (Wildman–Crippen MR) is 203 cm³/mol. The average Bonchev–Trinajstić information content (AvgIpc) is 3.70. The molecule has 2 nitrogen and oxygen atoms in total. The van der Waals surface area contributed by atoms with Crippen LogP contribution in [0.3, 0.4) is 0 Å². The number of hydrogen-bond acceptors (Lipinski definition) is 0. The van der Waals surface area contributed by atoms with Crippen LogP contribution in [0.2, 0.25) is 0 Å². The van der Waals surface area contributed by atoms with Crippen molar-refractivity contribution in [3.8, 4) is 33.6 Å². The van der Waals surface area contributed by atoms with Gasteiger partial charge in [0.25, 0.3) is 0 Å². The second kappa shape index (κ2) is 10.6. The van der Waals surface area contributed by atoms with Crippen molar-refractivity contribution in [3.05, 3.63) is 182 Å². The Hall–Kier alpha value is -6.38. The molecule has 10 aromatic rings. The molecule has 0 saturated heterocycles. The van der Waals surface area contributed by atoms with Crippen LogP contribution in [0.25, 0.3) is 88.0 Å². The van der Waals surface area contributed by atoms with Crippen molar-refractivity contribution < 1.29 is 0 Å². The second-order valence-corrected chi connectivity index (χ2v) is 12.5. The maximum Gasteiger partial charge on any atom is 0.0795 e. The molecule has 0 bridgehead atoms. The average molecular weight is 611 g/mol. The van der Waals surface area contributed by atoms with Crippen molar-refractivity contribution in [2.45, 2.75) is 0 Å². The highest BCUT2D eigenvalue weighted by Gasteiger charge is 2.24. The molecule has 0 N–H and O–H groups in total. The van der Waals surface area contributed by atoms with Crippen LogP contribution in [0.1, 0.15) is 0 Å². The Balaban J connectivity index is 1.42. The van der Waals surface area contributed by atoms with Crippen molar-refractivity contribution in [3.63, 3.8) is 0 Å². The summed E-state index contributed by atoms with van der Waals surface area (Å²) < 4.78 is 5.00. The van der Waals surface area contributed by atoms with Gasteiger partial charge in [0, 0.05) is 32.9 Å². The molecular weight excluding hydrogens is 581 g/mol. The monoisotopic (exact) mass is 610 g/mol. The van der Waals surface area contributed by atoms with Crippen LogP contribution in [0.5, 0.6) is 0 Å². The molecule has 0 spiro atoms. The van der Waals surface area contributed by atoms with E-state index >= 15 is 0 Å². The molecule has 0 radical (unpaired) electrons. The van der Waals surface area contributed by atoms with Gasteiger partial charge in [0.1, 0.15) is 0 Å². The molecule has 224 valence electrons. The Kier molecular flexibility index (Phi) is 5.91. The van der Waals surface area contributed by atoms with Gasteiger partial charge in [0.2, 0.25) is 0 Å². The van der Waals surface area contributed by atoms with E-state index in [1.54, 1.807) is 0 Å². The minimum Gasteiger partial charge on any atom is -0.307 e. The fraction of sp³-hybridized carbons (Fsp3) is 0. The van der Waals surface area contributed by atoms with Crippen molar-refractivity contribution in [1.29, 1.82) is 0 Å². The van der Waals surface area contributed by atoms with Crippen LogP contribution < -0.4 is 0 Å². The van der Waals surface area contributed by atoms with Crippen molar-refractivity contribution >= 4 is 54.4 Å². The summed E-state index contributed by atoms with van der Waals surface area (Å²) in [5.74, 6) is 0. The first kappa shape index (κ1) is 26.8. The highest BCUT2D eigenvalue weighted by atomic mass is 15.0. The predicted octanol–water partition coefficient (Wildman–Crippen LogP) is 12.4. The SMILES string of the molecule is c1ccc(-c2cccc(-n3c4ccccc4c4c5ccccc5c5c6ccccc6n(-c6cccc(-c7ccccc7)c6)c5c43)c2)cc1. The lowest BCUT2D eigenvalue weighted by molar-refractivity contribution is 1.15. The van der Waals surface area contributed by atoms with Crippen LogP contribution in [0.15, 0.2) is 182 Å². The Labute approximate surface area is 278 Å². The molecule has 0 aliphatic carbocycles. The van der Waals surface area contributed by atoms with Gasteiger partial charge in [-0.1, -0.05) is 146 Å². The summed E-state index contributed by atoms with van der Waals surface area (Å²) in [7, 11) is 0. The smallest absolute Gasteiger partial charge is 0.0795 e. The summed E-state index contributed by atoms with van der Waals surface area (Å²) in [5.41, 5.74) is 12.0. The number of aromatic nitrogens is 2. The van der Waals surface area contributed by atoms with Crippen LogP contribution in [0.4, 0.5) is 0 Å². The maximum atomic E-state index is 2.50. The number of para-hydroxylation sites is 2. The standard InChI is InChI=1S/C46H30N2/c1-3-15-31(16-4-1)33-19-13-21-35(29-33)47-41-27-11-9-25-39(41)43-37-23-7-8-24-38(37)44-40-26-10-12-28-42(40)48(46(44)45(43)47)36-22-14-20-34(30-36)32-17-5-2-6-18-32/h1-30H. The normalized spacial score (nSPS) is 11.8. The Morgan fingerprint density at radius 1 is 0.271 bits per heavy atom. The molecule has 2 aromatic heterocycles. The Morgan fingerprint density at radius 2 is 0.625 bits per heavy atom. The molecular formula is C46H30N2. The van der Waals surface area contributed by atoms with Crippen LogP contribution in [-0.2, 0) is 0 Å². The molecule has 0 aliphatic rings. The van der Waals surface area contributed by atoms with Gasteiger partial charge in [-0.15, -0.1) is 0 Å². The van der Waals surface area contributed by atoms with Gasteiger partial charge in [0.05, 0.1) is 22.1 Å². The molecule has 0 saturated carbocycles. The number of nitrogens with zero attached hydrogens (tertiary/aromatic N) is 2. The van der Waals surface area contributed by atoms with Gasteiger partial charge in [-0.05, 0) is 69.4 Å². The van der Waals surface area contributed by atoms with Crippen LogP contribution in [0, 0.1) is 0 Å². The highest BCUT2D eigenvalue weighted by molar-refractivity contribution is 6.36. The third-order valence-electron chi connectivity index (χ3n) is 9.86. The topological polar surface area (TPSA) is 9.86 Å². The van der Waals surface area contributed by atoms with E-state index in [-0.39, 0.29) is 0 Å². The largest absolute Gasteiger partial charge is 0.307 e. The highest BCUT2D eigenvalue weighted by Crippen LogP contribution is 2.47. The lowest BCUT2D eigenvalue weighted by Gasteiger charge is -2.15. The van der Waals surface area contributed by atoms with Crippen molar-refractivity contribution in [2.24, 2.45) is 0 Å². The van der Waals surface area contributed by atoms with Gasteiger partial charge in [-0.3, -0.25) is 0 Å². The van der Waals surface area contributed by atoms with Gasteiger partial charge in [-0.25, -0.2) is 0 Å². The lowest BCUT2D eigenvalue weighted by atomic mass is 9.98. The van der Waals surface area contributed by atoms with Crippen molar-refractivity contribution in [2.75, 3.05) is 0 Å². The first-order chi connectivity index (χ1) is 23.8. The van der Waals surface area contributed by atoms with Crippen molar-refractivity contribution in [1.82, 2.24) is 9.13 Å². The zero-order chi connectivity index (χ0) is 31.6. The van der Waals surface area contributed by atoms with Gasteiger partial charge >= 0.3 is 0 Å². The summed E-state index contributed by atoms with van der Waals surface area (Å²) in [4.78, 5) is 0. The third kappa shape index (κ3) is 3.93. The Bertz CT molecular complexity index is 2620. The zero-order valence-corrected chi connectivity index (χ0v) is 26.2. The molecule has 0 atom stereocenters. The number of rotatable bonds is 4. The lowest BCUT2D eigenvalue weighted by Crippen LogP contribution is -1.99. The summed E-state index contributed by atoms with van der Waals surface area (Å²) in [6.45, 7) is 0. The van der Waals surface area contributed by atoms with E-state index in [9.17, 15) is 0 Å². The first-order valence-electron chi connectivity index (χ1n) is 16.5. The van der Waals surface area contributed by atoms with E-state index in [0.29, 0.717) is 0 Å². The van der Waals surface area contributed by atoms with E-state index in [1.165, 1.54) is 76.6 Å². The van der Waals surface area contributed by atoms with Gasteiger partial charge in [0.15, 0.2) is 0 Å². The summed E-state index contributed by atoms with van der Waals surface area (Å²) in [6.07, 6.45) is 0. The second-order valence-electron chi connectivity index (χ2n) is 12.5. The summed E-state index contributed by atoms with van der Waals surface area (Å²) >= 11 is 0. The molecule has 2 heterocycles. The number of fused-ring (bicyclic) bond motifs is 10. The summed E-state index contributed by atoms with van der Waals surface area (Å²) in [6, 6.07) is 66.1. The van der Waals surface area contributed by atoms with E-state index in [4.69, 9.17) is 0 Å². The number of benzene rings is 8. The fourth-order valence-electron chi connectivity index (χ4n) is 7.84. The minimum atomic E-state index is 1.15. The van der Waals surface area contributed by atoms with Gasteiger partial charge in [-0.2, -0.15) is 0 Å². The Morgan fingerprint density at radius 3 is 1.06 bits per heavy atom. The van der Waals surface area contributed by atoms with Crippen LogP contribution in [-0.4, -0.2) is 9.13 Å². The molecule has 10 rings (SSSR count). The quantitative estimate of drug-likeness (QED) is 0.188. The number of hydrogen-bond donors (Lipinski definition) is 0. The third-order valence-corrected chi connectivity index (χ3v) is 9.86. The van der Waals surface area contributed by atoms with Crippen LogP contribution >= 0.6 is 0 Å². The minimum absolute atomic E-state index is 1.15. The van der Waals surface area contributed by atoms with E-state index < -0.39 is 0 Å². The first-order valence-corrected chi connectivity index (χ1v) is 16.5. The maximum absolute atomic E-state index is 2.50. The molecule has 48 heavy (non-hydrogen) atoms. The zero-order valence-electron chi connectivity index (χ0n) is 26.2. The molecule has 8 aromatic carbocycles. The molecule has 0 amide bonds.